The Balaban J connectivity index is 0.915. The molecule has 11 rings (SSSR count). The fraction of sp³-hybridized carbons (Fsp3) is 0.357. The van der Waals surface area contributed by atoms with E-state index in [1.165, 1.54) is 81.6 Å². The van der Waals surface area contributed by atoms with Gasteiger partial charge >= 0.3 is 0 Å². The molecule has 0 saturated carbocycles. The third-order valence-corrected chi connectivity index (χ3v) is 14.7. The largest absolute Gasteiger partial charge is 0.367 e. The van der Waals surface area contributed by atoms with E-state index in [2.05, 4.69) is 172 Å². The van der Waals surface area contributed by atoms with Gasteiger partial charge in [-0.25, -0.2) is 0 Å². The van der Waals surface area contributed by atoms with Crippen LogP contribution in [0.5, 0.6) is 0 Å². The van der Waals surface area contributed by atoms with Gasteiger partial charge in [0.2, 0.25) is 0 Å². The Kier molecular flexibility index (Phi) is 10.1. The van der Waals surface area contributed by atoms with Crippen molar-refractivity contribution in [2.45, 2.75) is 109 Å². The number of allylic oxidation sites excluding steroid dienone is 25. The van der Waals surface area contributed by atoms with Gasteiger partial charge in [-0.1, -0.05) is 109 Å². The fourth-order valence-electron chi connectivity index (χ4n) is 11.8. The Morgan fingerprint density at radius 2 is 1.57 bits per heavy atom. The summed E-state index contributed by atoms with van der Waals surface area (Å²) in [6.07, 6.45) is 72.2. The molecule has 0 aromatic rings. The van der Waals surface area contributed by atoms with Gasteiger partial charge in [0.05, 0.1) is 18.1 Å². The van der Waals surface area contributed by atoms with Crippen molar-refractivity contribution in [1.82, 2.24) is 19.6 Å². The summed E-state index contributed by atoms with van der Waals surface area (Å²) >= 11 is 0. The summed E-state index contributed by atoms with van der Waals surface area (Å²) in [6, 6.07) is 0.983. The zero-order chi connectivity index (χ0) is 40.0. The molecule has 1 saturated heterocycles. The molecule has 0 bridgehead atoms. The molecule has 0 spiro atoms. The molecule has 11 aliphatic rings. The van der Waals surface area contributed by atoms with E-state index in [0.717, 1.165) is 70.8 Å². The molecule has 60 heavy (non-hydrogen) atoms. The van der Waals surface area contributed by atoms with Gasteiger partial charge in [0, 0.05) is 64.0 Å². The monoisotopic (exact) mass is 788 g/mol. The summed E-state index contributed by atoms with van der Waals surface area (Å²) in [5, 5.41) is 0. The van der Waals surface area contributed by atoms with E-state index in [-0.39, 0.29) is 6.04 Å². The number of fused-ring (bicyclic) bond motifs is 4. The Hall–Kier alpha value is -5.48. The molecule has 304 valence electrons. The van der Waals surface area contributed by atoms with Crippen molar-refractivity contribution in [3.63, 3.8) is 0 Å². The van der Waals surface area contributed by atoms with E-state index >= 15 is 0 Å². The van der Waals surface area contributed by atoms with Crippen LogP contribution in [0.15, 0.2) is 214 Å². The minimum atomic E-state index is 0.248. The third kappa shape index (κ3) is 6.77. The highest BCUT2D eigenvalue weighted by Gasteiger charge is 2.42. The summed E-state index contributed by atoms with van der Waals surface area (Å²) < 4.78 is 0. The molecule has 0 aromatic heterocycles. The van der Waals surface area contributed by atoms with Gasteiger partial charge in [0.15, 0.2) is 0 Å². The van der Waals surface area contributed by atoms with Gasteiger partial charge in [-0.3, -0.25) is 0 Å². The van der Waals surface area contributed by atoms with E-state index in [1.54, 1.807) is 5.57 Å². The Morgan fingerprint density at radius 1 is 0.667 bits per heavy atom. The molecular formula is C56H60N4. The predicted molar refractivity (Wildman–Crippen MR) is 248 cm³/mol. The van der Waals surface area contributed by atoms with Crippen molar-refractivity contribution in [1.29, 1.82) is 0 Å². The minimum absolute atomic E-state index is 0.248. The van der Waals surface area contributed by atoms with Gasteiger partial charge in [-0.15, -0.1) is 0 Å². The van der Waals surface area contributed by atoms with Crippen LogP contribution in [0.4, 0.5) is 0 Å². The molecule has 5 unspecified atom stereocenters. The first-order valence-electron chi connectivity index (χ1n) is 23.3. The SMILES string of the molecule is C/C1=C\C=C/CCN(C2C=CC(N(C3=CC=C(N4C5=CCCC=C5C5C=CC=CC54)CC3)C3C=CC(N4C5=CC=CCC5CC5=C4C=CCC5)=CC3)=CC2)C2=C1C=CCC2. The van der Waals surface area contributed by atoms with Crippen molar-refractivity contribution in [3.8, 4) is 0 Å². The van der Waals surface area contributed by atoms with Crippen molar-refractivity contribution in [2.75, 3.05) is 6.54 Å². The van der Waals surface area contributed by atoms with Crippen LogP contribution in [0.25, 0.3) is 0 Å². The lowest BCUT2D eigenvalue weighted by Gasteiger charge is -2.44. The number of likely N-dealkylation sites (tertiary alicyclic amines) is 1. The summed E-state index contributed by atoms with van der Waals surface area (Å²) in [7, 11) is 0. The first kappa shape index (κ1) is 37.5. The highest BCUT2D eigenvalue weighted by Crippen LogP contribution is 2.48. The third-order valence-electron chi connectivity index (χ3n) is 14.7. The zero-order valence-corrected chi connectivity index (χ0v) is 35.4. The molecule has 1 fully saturated rings. The van der Waals surface area contributed by atoms with E-state index in [4.69, 9.17) is 0 Å². The molecule has 0 N–H and O–H groups in total. The van der Waals surface area contributed by atoms with Gasteiger partial charge in [0.25, 0.3) is 0 Å². The molecule has 3 aliphatic heterocycles. The molecule has 5 atom stereocenters. The lowest BCUT2D eigenvalue weighted by atomic mass is 9.81. The van der Waals surface area contributed by atoms with E-state index in [9.17, 15) is 0 Å². The standard InChI is InChI=1S/C56H60N4/c1-40-15-3-2-14-38-57(54-23-11-6-18-49(40)54)43-26-28-44(29-27-43)58(46-32-36-48(37-33-46)60-55-24-12-7-19-50(55)51-20-8-13-25-56(51)60)45-30-34-47(35-31-45)59-52-21-9-4-16-41(52)39-42-17-5-10-22-53(42)59/h2-4,6-7,9-10,12,15,18-22,24-26,28-30,32,34-36,41,43,45,50,55H,5,8,11,13-14,16-17,23,27,31,33,37-39H2,1H3/b3-2-,40-15+. The van der Waals surface area contributed by atoms with Gasteiger partial charge in [-0.2, -0.15) is 0 Å². The van der Waals surface area contributed by atoms with Crippen LogP contribution >= 0.6 is 0 Å². The predicted octanol–water partition coefficient (Wildman–Crippen LogP) is 12.9. The van der Waals surface area contributed by atoms with Crippen LogP contribution in [0, 0.1) is 11.8 Å². The van der Waals surface area contributed by atoms with Crippen molar-refractivity contribution >= 4 is 0 Å². The molecule has 4 heteroatoms. The lowest BCUT2D eigenvalue weighted by Crippen LogP contribution is -2.39. The molecule has 8 aliphatic carbocycles. The topological polar surface area (TPSA) is 13.0 Å². The maximum Gasteiger partial charge on any atom is 0.0626 e. The highest BCUT2D eigenvalue weighted by atomic mass is 15.2. The first-order chi connectivity index (χ1) is 29.7. The highest BCUT2D eigenvalue weighted by molar-refractivity contribution is 5.52. The number of hydrogen-bond acceptors (Lipinski definition) is 4. The number of rotatable bonds is 6. The normalized spacial score (nSPS) is 31.8. The summed E-state index contributed by atoms with van der Waals surface area (Å²) in [6.45, 7) is 3.33. The van der Waals surface area contributed by atoms with Crippen LogP contribution in [0.2, 0.25) is 0 Å². The molecule has 0 aromatic carbocycles. The van der Waals surface area contributed by atoms with E-state index < -0.39 is 0 Å². The first-order valence-corrected chi connectivity index (χ1v) is 23.3. The smallest absolute Gasteiger partial charge is 0.0626 e. The van der Waals surface area contributed by atoms with Crippen LogP contribution < -0.4 is 0 Å². The lowest BCUT2D eigenvalue weighted by molar-refractivity contribution is 0.278. The average molecular weight is 789 g/mol. The second kappa shape index (κ2) is 16.2. The van der Waals surface area contributed by atoms with Crippen LogP contribution in [0.3, 0.4) is 0 Å². The van der Waals surface area contributed by atoms with Gasteiger partial charge in [-0.05, 0) is 149 Å². The van der Waals surface area contributed by atoms with Crippen molar-refractivity contribution < 1.29 is 0 Å². The second-order valence-corrected chi connectivity index (χ2v) is 18.2. The molecule has 0 amide bonds. The van der Waals surface area contributed by atoms with Gasteiger partial charge in [0.1, 0.15) is 0 Å². The van der Waals surface area contributed by atoms with Crippen LogP contribution in [0.1, 0.15) is 90.4 Å². The average Bonchev–Trinajstić information content (AvgIpc) is 3.68. The molecular weight excluding hydrogens is 729 g/mol. The number of hydrogen-bond donors (Lipinski definition) is 0. The molecule has 0 radical (unpaired) electrons. The second-order valence-electron chi connectivity index (χ2n) is 18.2. The Bertz CT molecular complexity index is 2390. The van der Waals surface area contributed by atoms with Crippen molar-refractivity contribution in [3.05, 3.63) is 214 Å². The van der Waals surface area contributed by atoms with Crippen molar-refractivity contribution in [2.24, 2.45) is 11.8 Å². The fourth-order valence-corrected chi connectivity index (χ4v) is 11.8. The quantitative estimate of drug-likeness (QED) is 0.266. The molecule has 4 nitrogen and oxygen atoms in total. The maximum absolute atomic E-state index is 2.73. The van der Waals surface area contributed by atoms with E-state index in [0.29, 0.717) is 23.9 Å². The zero-order valence-electron chi connectivity index (χ0n) is 35.4. The Morgan fingerprint density at radius 3 is 2.45 bits per heavy atom. The van der Waals surface area contributed by atoms with Gasteiger partial charge < -0.3 is 19.6 Å². The summed E-state index contributed by atoms with van der Waals surface area (Å²) in [5.41, 5.74) is 17.4. The van der Waals surface area contributed by atoms with Crippen LogP contribution in [-0.4, -0.2) is 44.3 Å². The maximum atomic E-state index is 2.73. The molecule has 3 heterocycles. The summed E-state index contributed by atoms with van der Waals surface area (Å²) in [5.74, 6) is 1.04. The Labute approximate surface area is 358 Å². The summed E-state index contributed by atoms with van der Waals surface area (Å²) in [4.78, 5) is 10.7. The number of nitrogens with zero attached hydrogens (tertiary/aromatic N) is 4. The van der Waals surface area contributed by atoms with Crippen LogP contribution in [-0.2, 0) is 0 Å². The minimum Gasteiger partial charge on any atom is -0.367 e. The van der Waals surface area contributed by atoms with E-state index in [1.807, 2.05) is 0 Å².